The molecule has 0 unspecified atom stereocenters. The third-order valence-corrected chi connectivity index (χ3v) is 7.70. The van der Waals surface area contributed by atoms with Gasteiger partial charge in [-0.3, -0.25) is 4.79 Å². The van der Waals surface area contributed by atoms with Crippen molar-refractivity contribution in [3.63, 3.8) is 0 Å². The smallest absolute Gasteiger partial charge is 0.315 e. The predicted octanol–water partition coefficient (Wildman–Crippen LogP) is 5.44. The van der Waals surface area contributed by atoms with Crippen LogP contribution in [0.15, 0.2) is 72.9 Å². The van der Waals surface area contributed by atoms with Crippen molar-refractivity contribution >= 4 is 11.6 Å². The Kier molecular flexibility index (Phi) is 8.47. The third-order valence-electron chi connectivity index (χ3n) is 7.70. The molecular formula is C32H38N4O4. The Hall–Kier alpha value is -3.75. The van der Waals surface area contributed by atoms with Crippen LogP contribution in [-0.4, -0.2) is 62.9 Å². The Bertz CT molecular complexity index is 1370. The molecule has 40 heavy (non-hydrogen) atoms. The highest BCUT2D eigenvalue weighted by Gasteiger charge is 2.32. The molecule has 1 saturated heterocycles. The number of likely N-dealkylation sites (tertiary alicyclic amines) is 1. The van der Waals surface area contributed by atoms with E-state index < -0.39 is 11.4 Å². The lowest BCUT2D eigenvalue weighted by molar-refractivity contribution is -0.142. The van der Waals surface area contributed by atoms with Gasteiger partial charge in [0, 0.05) is 25.2 Å². The highest BCUT2D eigenvalue weighted by molar-refractivity contribution is 5.79. The second kappa shape index (κ2) is 12.2. The predicted molar refractivity (Wildman–Crippen MR) is 154 cm³/mol. The summed E-state index contributed by atoms with van der Waals surface area (Å²) in [5.41, 5.74) is 3.24. The fraction of sp³-hybridized carbons (Fsp3) is 0.406. The molecule has 2 aromatic heterocycles. The molecule has 8 heteroatoms. The zero-order chi connectivity index (χ0) is 28.1. The second-order valence-corrected chi connectivity index (χ2v) is 11.1. The molecule has 0 radical (unpaired) electrons. The lowest BCUT2D eigenvalue weighted by atomic mass is 9.90. The molecule has 0 bridgehead atoms. The van der Waals surface area contributed by atoms with Gasteiger partial charge < -0.3 is 19.5 Å². The van der Waals surface area contributed by atoms with Gasteiger partial charge in [-0.2, -0.15) is 0 Å². The number of carboxylic acids is 1. The van der Waals surface area contributed by atoms with Crippen molar-refractivity contribution in [1.82, 2.24) is 19.5 Å². The highest BCUT2D eigenvalue weighted by Crippen LogP contribution is 2.30. The first-order valence-electron chi connectivity index (χ1n) is 14.0. The van der Waals surface area contributed by atoms with Gasteiger partial charge in [0.25, 0.3) is 0 Å². The molecule has 1 aliphatic rings. The summed E-state index contributed by atoms with van der Waals surface area (Å²) in [6.45, 7) is 8.73. The molecule has 5 rings (SSSR count). The number of aryl methyl sites for hydroxylation is 1. The number of piperidine rings is 1. The van der Waals surface area contributed by atoms with Crippen LogP contribution in [0.25, 0.3) is 5.65 Å². The number of hydrogen-bond acceptors (Lipinski definition) is 6. The van der Waals surface area contributed by atoms with Gasteiger partial charge in [-0.05, 0) is 57.2 Å². The van der Waals surface area contributed by atoms with Crippen LogP contribution >= 0.6 is 0 Å². The molecule has 2 aromatic carbocycles. The maximum Gasteiger partial charge on any atom is 0.315 e. The van der Waals surface area contributed by atoms with E-state index in [-0.39, 0.29) is 12.2 Å². The first-order chi connectivity index (χ1) is 19.3. The van der Waals surface area contributed by atoms with Crippen LogP contribution in [-0.2, 0) is 14.9 Å². The summed E-state index contributed by atoms with van der Waals surface area (Å²) in [6, 6.07) is 22.8. The molecule has 0 aliphatic carbocycles. The largest absolute Gasteiger partial charge is 0.481 e. The average Bonchev–Trinajstić information content (AvgIpc) is 3.39. The van der Waals surface area contributed by atoms with E-state index in [2.05, 4.69) is 63.5 Å². The van der Waals surface area contributed by atoms with Crippen molar-refractivity contribution in [3.8, 4) is 5.88 Å². The number of aliphatic carboxylic acids is 1. The van der Waals surface area contributed by atoms with Crippen molar-refractivity contribution in [2.75, 3.05) is 26.2 Å². The van der Waals surface area contributed by atoms with Gasteiger partial charge >= 0.3 is 5.97 Å². The molecular weight excluding hydrogens is 504 g/mol. The summed E-state index contributed by atoms with van der Waals surface area (Å²) < 4.78 is 14.3. The van der Waals surface area contributed by atoms with E-state index in [1.165, 1.54) is 11.1 Å². The summed E-state index contributed by atoms with van der Waals surface area (Å²) in [7, 11) is 0. The third kappa shape index (κ3) is 6.35. The highest BCUT2D eigenvalue weighted by atomic mass is 16.5. The van der Waals surface area contributed by atoms with Gasteiger partial charge in [-0.15, -0.1) is 5.10 Å². The van der Waals surface area contributed by atoms with E-state index in [1.807, 2.05) is 25.1 Å². The van der Waals surface area contributed by atoms with Crippen LogP contribution < -0.4 is 4.74 Å². The molecule has 0 atom stereocenters. The van der Waals surface area contributed by atoms with Crippen molar-refractivity contribution in [3.05, 3.63) is 95.3 Å². The second-order valence-electron chi connectivity index (χ2n) is 11.1. The van der Waals surface area contributed by atoms with Crippen molar-refractivity contribution in [1.29, 1.82) is 0 Å². The number of ether oxygens (including phenoxy) is 2. The van der Waals surface area contributed by atoms with Gasteiger partial charge in [0.1, 0.15) is 11.5 Å². The van der Waals surface area contributed by atoms with Crippen LogP contribution in [0, 0.1) is 6.92 Å². The summed E-state index contributed by atoms with van der Waals surface area (Å²) in [6.07, 6.45) is 4.74. The topological polar surface area (TPSA) is 89.2 Å². The maximum atomic E-state index is 11.6. The minimum atomic E-state index is -1.09. The summed E-state index contributed by atoms with van der Waals surface area (Å²) in [5.74, 6) is -0.378. The number of carboxylic acid groups (broad SMARTS) is 1. The number of hydrogen-bond donors (Lipinski definition) is 1. The number of rotatable bonds is 11. The number of aromatic nitrogens is 3. The van der Waals surface area contributed by atoms with Crippen molar-refractivity contribution in [2.45, 2.75) is 57.7 Å². The Morgan fingerprint density at radius 3 is 2.27 bits per heavy atom. The van der Waals surface area contributed by atoms with Crippen molar-refractivity contribution in [2.24, 2.45) is 0 Å². The number of benzene rings is 2. The minimum absolute atomic E-state index is 0.0535. The van der Waals surface area contributed by atoms with E-state index in [1.54, 1.807) is 24.6 Å². The Morgan fingerprint density at radius 1 is 1.05 bits per heavy atom. The average molecular weight is 543 g/mol. The van der Waals surface area contributed by atoms with Crippen LogP contribution in [0.2, 0.25) is 0 Å². The van der Waals surface area contributed by atoms with Crippen LogP contribution in [0.3, 0.4) is 0 Å². The van der Waals surface area contributed by atoms with Crippen LogP contribution in [0.5, 0.6) is 5.88 Å². The number of imidazole rings is 1. The molecule has 0 spiro atoms. The first kappa shape index (κ1) is 27.8. The number of fused-ring (bicyclic) bond motifs is 1. The summed E-state index contributed by atoms with van der Waals surface area (Å²) in [5, 5.41) is 14.1. The lowest BCUT2D eigenvalue weighted by Crippen LogP contribution is -2.38. The quantitative estimate of drug-likeness (QED) is 0.253. The Balaban J connectivity index is 1.10. The summed E-state index contributed by atoms with van der Waals surface area (Å²) in [4.78, 5) is 18.6. The van der Waals surface area contributed by atoms with Gasteiger partial charge in [0.05, 0.1) is 24.6 Å². The minimum Gasteiger partial charge on any atom is -0.481 e. The van der Waals surface area contributed by atoms with Crippen LogP contribution in [0.1, 0.15) is 61.6 Å². The maximum absolute atomic E-state index is 11.6. The lowest BCUT2D eigenvalue weighted by Gasteiger charge is -2.34. The van der Waals surface area contributed by atoms with E-state index in [0.717, 1.165) is 44.5 Å². The molecule has 210 valence electrons. The van der Waals surface area contributed by atoms with Crippen LogP contribution in [0.4, 0.5) is 0 Å². The fourth-order valence-electron chi connectivity index (χ4n) is 5.07. The van der Waals surface area contributed by atoms with E-state index >= 15 is 0 Å². The normalized spacial score (nSPS) is 15.1. The molecule has 3 heterocycles. The van der Waals surface area contributed by atoms with E-state index in [9.17, 15) is 9.90 Å². The molecule has 0 amide bonds. The Labute approximate surface area is 235 Å². The molecule has 8 nitrogen and oxygen atoms in total. The number of carbonyl (C=O) groups is 1. The molecule has 0 saturated carbocycles. The van der Waals surface area contributed by atoms with E-state index in [0.29, 0.717) is 23.8 Å². The molecule has 1 N–H and O–H groups in total. The monoisotopic (exact) mass is 542 g/mol. The SMILES string of the molecule is Cc1cc2nc(C(C)(C)C(=O)O)cn2nc1OCCCN1CCC(OC(c2ccccc2)c2ccccc2)CC1. The standard InChI is InChI=1S/C32H38N4O4/c1-23-21-28-33-27(32(2,3)31(37)38)22-36(28)34-30(23)39-20-10-17-35-18-15-26(16-19-35)40-29(24-11-6-4-7-12-24)25-13-8-5-9-14-25/h4-9,11-14,21-22,26,29H,10,15-20H2,1-3H3,(H,37,38). The van der Waals surface area contributed by atoms with Gasteiger partial charge in [0.2, 0.25) is 5.88 Å². The Morgan fingerprint density at radius 2 is 1.68 bits per heavy atom. The zero-order valence-electron chi connectivity index (χ0n) is 23.5. The fourth-order valence-corrected chi connectivity index (χ4v) is 5.07. The zero-order valence-corrected chi connectivity index (χ0v) is 23.5. The number of nitrogens with zero attached hydrogens (tertiary/aromatic N) is 4. The van der Waals surface area contributed by atoms with Gasteiger partial charge in [-0.25, -0.2) is 9.50 Å². The first-order valence-corrected chi connectivity index (χ1v) is 14.0. The van der Waals surface area contributed by atoms with Crippen molar-refractivity contribution < 1.29 is 19.4 Å². The van der Waals surface area contributed by atoms with Gasteiger partial charge in [0.15, 0.2) is 5.65 Å². The molecule has 1 aliphatic heterocycles. The van der Waals surface area contributed by atoms with Gasteiger partial charge in [-0.1, -0.05) is 60.7 Å². The van der Waals surface area contributed by atoms with E-state index in [4.69, 9.17) is 9.47 Å². The molecule has 1 fully saturated rings. The molecule has 4 aromatic rings. The summed E-state index contributed by atoms with van der Waals surface area (Å²) >= 11 is 0.